The number of sulfonamides is 1. The fourth-order valence-electron chi connectivity index (χ4n) is 1.56. The summed E-state index contributed by atoms with van der Waals surface area (Å²) in [5.74, 6) is 0. The van der Waals surface area contributed by atoms with Crippen LogP contribution in [0.1, 0.15) is 10.4 Å². The van der Waals surface area contributed by atoms with Crippen molar-refractivity contribution in [3.63, 3.8) is 0 Å². The van der Waals surface area contributed by atoms with Crippen LogP contribution in [0.5, 0.6) is 0 Å². The molecular weight excluding hydrogens is 386 g/mol. The zero-order chi connectivity index (χ0) is 14.9. The second-order valence-electron chi connectivity index (χ2n) is 4.04. The molecule has 1 aromatic carbocycles. The largest absolute Gasteiger partial charge is 0.391 e. The van der Waals surface area contributed by atoms with Gasteiger partial charge in [-0.2, -0.15) is 0 Å². The summed E-state index contributed by atoms with van der Waals surface area (Å²) in [6, 6.07) is 6.46. The molecule has 20 heavy (non-hydrogen) atoms. The van der Waals surface area contributed by atoms with Gasteiger partial charge in [0, 0.05) is 4.88 Å². The molecule has 4 nitrogen and oxygen atoms in total. The van der Waals surface area contributed by atoms with Crippen LogP contribution in [-0.2, 0) is 16.6 Å². The van der Waals surface area contributed by atoms with E-state index in [1.165, 1.54) is 6.07 Å². The van der Waals surface area contributed by atoms with Crippen LogP contribution < -0.4 is 4.72 Å². The second-order valence-corrected chi connectivity index (χ2v) is 8.28. The predicted octanol–water partition coefficient (Wildman–Crippen LogP) is 3.77. The predicted molar refractivity (Wildman–Crippen MR) is 84.9 cm³/mol. The lowest BCUT2D eigenvalue weighted by atomic mass is 10.3. The maximum absolute atomic E-state index is 12.3. The molecule has 0 aliphatic carbocycles. The van der Waals surface area contributed by atoms with Crippen molar-refractivity contribution < 1.29 is 13.5 Å². The Bertz CT molecular complexity index is 743. The molecule has 0 unspecified atom stereocenters. The lowest BCUT2D eigenvalue weighted by Gasteiger charge is -2.09. The molecule has 1 heterocycles. The Morgan fingerprint density at radius 1 is 1.45 bits per heavy atom. The minimum Gasteiger partial charge on any atom is -0.391 e. The van der Waals surface area contributed by atoms with E-state index in [1.54, 1.807) is 25.1 Å². The number of aliphatic hydroxyl groups is 1. The summed E-state index contributed by atoms with van der Waals surface area (Å²) in [7, 11) is -3.70. The third-order valence-corrected chi connectivity index (χ3v) is 7.06. The quantitative estimate of drug-likeness (QED) is 0.827. The number of benzene rings is 1. The minimum atomic E-state index is -3.70. The minimum absolute atomic E-state index is 0.158. The van der Waals surface area contributed by atoms with Crippen molar-refractivity contribution in [2.45, 2.75) is 17.7 Å². The van der Waals surface area contributed by atoms with Crippen molar-refractivity contribution in [2.75, 3.05) is 4.72 Å². The van der Waals surface area contributed by atoms with Crippen molar-refractivity contribution in [3.05, 3.63) is 44.2 Å². The molecule has 2 rings (SSSR count). The molecular formula is C12H11BrClNO3S2. The Morgan fingerprint density at radius 2 is 2.15 bits per heavy atom. The number of thiophene rings is 1. The molecule has 0 spiro atoms. The monoisotopic (exact) mass is 395 g/mol. The highest BCUT2D eigenvalue weighted by molar-refractivity contribution is 9.10. The zero-order valence-corrected chi connectivity index (χ0v) is 14.3. The van der Waals surface area contributed by atoms with Crippen molar-refractivity contribution in [1.82, 2.24) is 0 Å². The molecule has 0 saturated heterocycles. The van der Waals surface area contributed by atoms with Crippen molar-refractivity contribution in [2.24, 2.45) is 0 Å². The van der Waals surface area contributed by atoms with Crippen LogP contribution in [0.4, 0.5) is 5.69 Å². The second kappa shape index (κ2) is 6.03. The molecule has 0 bridgehead atoms. The Labute approximate surface area is 134 Å². The number of anilines is 1. The average molecular weight is 397 g/mol. The molecule has 8 heteroatoms. The van der Waals surface area contributed by atoms with Crippen LogP contribution in [0.3, 0.4) is 0 Å². The first-order chi connectivity index (χ1) is 9.35. The SMILES string of the molecule is Cc1cc(S(=O)(=O)Nc2cccc(Cl)c2Br)sc1CO. The van der Waals surface area contributed by atoms with E-state index in [1.807, 2.05) is 0 Å². The topological polar surface area (TPSA) is 66.4 Å². The number of hydrogen-bond acceptors (Lipinski definition) is 4. The summed E-state index contributed by atoms with van der Waals surface area (Å²) >= 11 is 10.2. The van der Waals surface area contributed by atoms with Gasteiger partial charge in [-0.25, -0.2) is 8.42 Å². The number of halogens is 2. The van der Waals surface area contributed by atoms with Crippen LogP contribution in [-0.4, -0.2) is 13.5 Å². The molecule has 2 aromatic rings. The van der Waals surface area contributed by atoms with Gasteiger partial charge < -0.3 is 5.11 Å². The van der Waals surface area contributed by atoms with Gasteiger partial charge in [-0.05, 0) is 46.6 Å². The highest BCUT2D eigenvalue weighted by Gasteiger charge is 2.20. The first kappa shape index (κ1) is 15.8. The van der Waals surface area contributed by atoms with E-state index in [0.29, 0.717) is 20.1 Å². The summed E-state index contributed by atoms with van der Waals surface area (Å²) < 4.78 is 27.7. The fourth-order valence-corrected chi connectivity index (χ4v) is 4.75. The molecule has 0 atom stereocenters. The third-order valence-electron chi connectivity index (χ3n) is 2.60. The number of nitrogens with one attached hydrogen (secondary N) is 1. The van der Waals surface area contributed by atoms with Gasteiger partial charge in [0.25, 0.3) is 10.0 Å². The molecule has 0 fully saturated rings. The molecule has 108 valence electrons. The summed E-state index contributed by atoms with van der Waals surface area (Å²) in [4.78, 5) is 0.635. The molecule has 1 aromatic heterocycles. The van der Waals surface area contributed by atoms with Crippen LogP contribution in [0, 0.1) is 6.92 Å². The summed E-state index contributed by atoms with van der Waals surface area (Å²) in [6.45, 7) is 1.59. The maximum Gasteiger partial charge on any atom is 0.271 e. The number of hydrogen-bond donors (Lipinski definition) is 2. The van der Waals surface area contributed by atoms with Gasteiger partial charge >= 0.3 is 0 Å². The third kappa shape index (κ3) is 3.17. The molecule has 0 saturated carbocycles. The highest BCUT2D eigenvalue weighted by atomic mass is 79.9. The molecule has 0 aliphatic heterocycles. The number of aryl methyl sites for hydroxylation is 1. The van der Waals surface area contributed by atoms with Gasteiger partial charge in [-0.15, -0.1) is 11.3 Å². The van der Waals surface area contributed by atoms with Crippen LogP contribution in [0.15, 0.2) is 32.9 Å². The van der Waals surface area contributed by atoms with Gasteiger partial charge in [-0.1, -0.05) is 17.7 Å². The Hall–Kier alpha value is -0.600. The van der Waals surface area contributed by atoms with Crippen molar-refractivity contribution in [3.8, 4) is 0 Å². The Morgan fingerprint density at radius 3 is 2.75 bits per heavy atom. The van der Waals surface area contributed by atoms with E-state index in [2.05, 4.69) is 20.7 Å². The first-order valence-electron chi connectivity index (χ1n) is 5.52. The van der Waals surface area contributed by atoms with E-state index in [-0.39, 0.29) is 10.8 Å². The summed E-state index contributed by atoms with van der Waals surface area (Å²) in [5.41, 5.74) is 1.12. The Balaban J connectivity index is 2.38. The van der Waals surface area contributed by atoms with Crippen LogP contribution >= 0.6 is 38.9 Å². The maximum atomic E-state index is 12.3. The standard InChI is InChI=1S/C12H11BrClNO3S2/c1-7-5-11(19-10(7)6-16)20(17,18)15-9-4-2-3-8(14)12(9)13/h2-5,15-16H,6H2,1H3. The van der Waals surface area contributed by atoms with Gasteiger partial charge in [0.2, 0.25) is 0 Å². The first-order valence-corrected chi connectivity index (χ1v) is 8.99. The number of aliphatic hydroxyl groups excluding tert-OH is 1. The normalized spacial score (nSPS) is 11.6. The number of rotatable bonds is 4. The van der Waals surface area contributed by atoms with Gasteiger partial charge in [0.1, 0.15) is 4.21 Å². The highest BCUT2D eigenvalue weighted by Crippen LogP contribution is 2.33. The van der Waals surface area contributed by atoms with Gasteiger partial charge in [0.05, 0.1) is 21.8 Å². The lowest BCUT2D eigenvalue weighted by molar-refractivity contribution is 0.285. The summed E-state index contributed by atoms with van der Waals surface area (Å²) in [6.07, 6.45) is 0. The summed E-state index contributed by atoms with van der Waals surface area (Å²) in [5, 5.41) is 9.56. The van der Waals surface area contributed by atoms with Crippen molar-refractivity contribution >= 4 is 54.6 Å². The molecule has 2 N–H and O–H groups in total. The van der Waals surface area contributed by atoms with E-state index < -0.39 is 10.0 Å². The average Bonchev–Trinajstić information content (AvgIpc) is 2.77. The lowest BCUT2D eigenvalue weighted by Crippen LogP contribution is -2.11. The molecule has 0 aliphatic rings. The van der Waals surface area contributed by atoms with Crippen LogP contribution in [0.2, 0.25) is 5.02 Å². The molecule has 0 radical (unpaired) electrons. The Kier molecular flexibility index (Phi) is 4.76. The van der Waals surface area contributed by atoms with E-state index in [9.17, 15) is 8.42 Å². The van der Waals surface area contributed by atoms with Gasteiger partial charge in [-0.3, -0.25) is 4.72 Å². The van der Waals surface area contributed by atoms with E-state index >= 15 is 0 Å². The smallest absolute Gasteiger partial charge is 0.271 e. The van der Waals surface area contributed by atoms with Gasteiger partial charge in [0.15, 0.2) is 0 Å². The zero-order valence-electron chi connectivity index (χ0n) is 10.4. The van der Waals surface area contributed by atoms with E-state index in [4.69, 9.17) is 16.7 Å². The van der Waals surface area contributed by atoms with Crippen LogP contribution in [0.25, 0.3) is 0 Å². The van der Waals surface area contributed by atoms with E-state index in [0.717, 1.165) is 16.9 Å². The fraction of sp³-hybridized carbons (Fsp3) is 0.167. The van der Waals surface area contributed by atoms with Crippen molar-refractivity contribution in [1.29, 1.82) is 0 Å². The molecule has 0 amide bonds.